The summed E-state index contributed by atoms with van der Waals surface area (Å²) in [6.07, 6.45) is 4.34. The lowest BCUT2D eigenvalue weighted by Gasteiger charge is -2.17. The Kier molecular flexibility index (Phi) is 5.09. The molecule has 0 unspecified atom stereocenters. The molecular weight excluding hydrogens is 184 g/mol. The van der Waals surface area contributed by atoms with Crippen LogP contribution in [0.5, 0.6) is 0 Å². The quantitative estimate of drug-likeness (QED) is 0.635. The molecule has 0 amide bonds. The van der Waals surface area contributed by atoms with E-state index in [0.29, 0.717) is 6.54 Å². The second kappa shape index (κ2) is 6.12. The zero-order chi connectivity index (χ0) is 10.4. The molecule has 0 atom stereocenters. The molecule has 1 nitrogen and oxygen atoms in total. The van der Waals surface area contributed by atoms with Gasteiger partial charge >= 0.3 is 0 Å². The average Bonchev–Trinajstić information content (AvgIpc) is 2.31. The maximum Gasteiger partial charge on any atom is 0.251 e. The zero-order valence-electron chi connectivity index (χ0n) is 8.81. The van der Waals surface area contributed by atoms with Crippen LogP contribution in [-0.4, -0.2) is 31.0 Å². The van der Waals surface area contributed by atoms with Crippen LogP contribution in [0.4, 0.5) is 8.78 Å². The van der Waals surface area contributed by atoms with Crippen molar-refractivity contribution in [2.24, 2.45) is 0 Å². The molecule has 0 aromatic heterocycles. The molecule has 0 N–H and O–H groups in total. The fourth-order valence-corrected chi connectivity index (χ4v) is 1.89. The van der Waals surface area contributed by atoms with E-state index < -0.39 is 6.43 Å². The Bertz CT molecular complexity index is 190. The van der Waals surface area contributed by atoms with E-state index in [-0.39, 0.29) is 6.54 Å². The molecule has 0 radical (unpaired) electrons. The van der Waals surface area contributed by atoms with E-state index in [0.717, 1.165) is 32.2 Å². The minimum atomic E-state index is -2.20. The van der Waals surface area contributed by atoms with Crippen molar-refractivity contribution in [3.63, 3.8) is 0 Å². The molecule has 1 heterocycles. The Morgan fingerprint density at radius 2 is 2.29 bits per heavy atom. The van der Waals surface area contributed by atoms with Gasteiger partial charge in [0.05, 0.1) is 6.54 Å². The van der Waals surface area contributed by atoms with Crippen molar-refractivity contribution in [2.75, 3.05) is 19.6 Å². The highest BCUT2D eigenvalue weighted by Crippen LogP contribution is 2.16. The Labute approximate surface area is 84.8 Å². The van der Waals surface area contributed by atoms with Gasteiger partial charge in [-0.1, -0.05) is 25.0 Å². The Hall–Kier alpha value is -0.440. The van der Waals surface area contributed by atoms with E-state index in [1.165, 1.54) is 5.57 Å². The number of rotatable bonds is 4. The van der Waals surface area contributed by atoms with E-state index in [9.17, 15) is 8.78 Å². The number of hydrogen-bond donors (Lipinski definition) is 0. The van der Waals surface area contributed by atoms with Crippen LogP contribution in [-0.2, 0) is 0 Å². The molecule has 0 saturated carbocycles. The van der Waals surface area contributed by atoms with Crippen molar-refractivity contribution in [3.8, 4) is 0 Å². The van der Waals surface area contributed by atoms with Crippen LogP contribution in [0.2, 0.25) is 0 Å². The normalized spacial score (nSPS) is 19.6. The lowest BCUT2D eigenvalue weighted by atomic mass is 10.1. The summed E-state index contributed by atoms with van der Waals surface area (Å²) in [6.45, 7) is 3.60. The molecule has 1 aliphatic rings. The van der Waals surface area contributed by atoms with Gasteiger partial charge in [0, 0.05) is 6.54 Å². The van der Waals surface area contributed by atoms with Gasteiger partial charge in [0.15, 0.2) is 0 Å². The number of halogens is 2. The first-order chi connectivity index (χ1) is 6.72. The summed E-state index contributed by atoms with van der Waals surface area (Å²) >= 11 is 0. The fraction of sp³-hybridized carbons (Fsp3) is 0.818. The molecule has 0 aromatic rings. The lowest BCUT2D eigenvalue weighted by molar-refractivity contribution is 0.0942. The van der Waals surface area contributed by atoms with E-state index in [1.54, 1.807) is 0 Å². The molecule has 1 rings (SSSR count). The highest BCUT2D eigenvalue weighted by Gasteiger charge is 2.13. The van der Waals surface area contributed by atoms with Gasteiger partial charge in [0.25, 0.3) is 6.43 Å². The zero-order valence-corrected chi connectivity index (χ0v) is 8.81. The standard InChI is InChI=1S/C11H19F2N/c1-2-4-10-5-3-7-14(8-6-10)9-11(12)13/h6,11H,2-5,7-9H2,1H3. The molecule has 3 heteroatoms. The third kappa shape index (κ3) is 4.18. The Balaban J connectivity index is 2.38. The van der Waals surface area contributed by atoms with Gasteiger partial charge in [-0.15, -0.1) is 0 Å². The highest BCUT2D eigenvalue weighted by molar-refractivity contribution is 5.05. The third-order valence-electron chi connectivity index (χ3n) is 2.58. The molecular formula is C11H19F2N. The number of alkyl halides is 2. The SMILES string of the molecule is CCCC1=CCN(CC(F)F)CCC1. The van der Waals surface area contributed by atoms with E-state index >= 15 is 0 Å². The van der Waals surface area contributed by atoms with Gasteiger partial charge in [-0.25, -0.2) is 8.78 Å². The van der Waals surface area contributed by atoms with Crippen LogP contribution < -0.4 is 0 Å². The van der Waals surface area contributed by atoms with Crippen molar-refractivity contribution in [3.05, 3.63) is 11.6 Å². The number of hydrogen-bond acceptors (Lipinski definition) is 1. The van der Waals surface area contributed by atoms with Gasteiger partial charge in [-0.3, -0.25) is 4.90 Å². The summed E-state index contributed by atoms with van der Waals surface area (Å²) in [5.74, 6) is 0. The first kappa shape index (κ1) is 11.6. The lowest BCUT2D eigenvalue weighted by Crippen LogP contribution is -2.29. The van der Waals surface area contributed by atoms with Crippen molar-refractivity contribution in [1.29, 1.82) is 0 Å². The molecule has 0 spiro atoms. The predicted molar refractivity (Wildman–Crippen MR) is 54.7 cm³/mol. The molecule has 82 valence electrons. The van der Waals surface area contributed by atoms with Crippen molar-refractivity contribution in [2.45, 2.75) is 39.0 Å². The molecule has 0 aliphatic carbocycles. The van der Waals surface area contributed by atoms with Gasteiger partial charge in [-0.2, -0.15) is 0 Å². The Morgan fingerprint density at radius 1 is 1.50 bits per heavy atom. The first-order valence-electron chi connectivity index (χ1n) is 5.40. The second-order valence-electron chi connectivity index (χ2n) is 3.87. The van der Waals surface area contributed by atoms with E-state index in [2.05, 4.69) is 13.0 Å². The van der Waals surface area contributed by atoms with Crippen molar-refractivity contribution < 1.29 is 8.78 Å². The number of nitrogens with zero attached hydrogens (tertiary/aromatic N) is 1. The molecule has 0 fully saturated rings. The molecule has 14 heavy (non-hydrogen) atoms. The van der Waals surface area contributed by atoms with Crippen LogP contribution in [0.3, 0.4) is 0 Å². The summed E-state index contributed by atoms with van der Waals surface area (Å²) in [5.41, 5.74) is 1.45. The third-order valence-corrected chi connectivity index (χ3v) is 2.58. The van der Waals surface area contributed by atoms with Crippen molar-refractivity contribution in [1.82, 2.24) is 4.90 Å². The summed E-state index contributed by atoms with van der Waals surface area (Å²) in [6, 6.07) is 0. The minimum Gasteiger partial charge on any atom is -0.294 e. The van der Waals surface area contributed by atoms with E-state index in [1.807, 2.05) is 4.90 Å². The average molecular weight is 203 g/mol. The summed E-state index contributed by atoms with van der Waals surface area (Å²) in [7, 11) is 0. The fourth-order valence-electron chi connectivity index (χ4n) is 1.89. The predicted octanol–water partition coefficient (Wildman–Crippen LogP) is 3.07. The molecule has 1 aliphatic heterocycles. The minimum absolute atomic E-state index is 0.0735. The summed E-state index contributed by atoms with van der Waals surface area (Å²) < 4.78 is 24.3. The maximum atomic E-state index is 12.1. The van der Waals surface area contributed by atoms with Crippen LogP contribution in [0, 0.1) is 0 Å². The second-order valence-corrected chi connectivity index (χ2v) is 3.87. The van der Waals surface area contributed by atoms with Crippen LogP contribution >= 0.6 is 0 Å². The largest absolute Gasteiger partial charge is 0.294 e. The maximum absolute atomic E-state index is 12.1. The highest BCUT2D eigenvalue weighted by atomic mass is 19.3. The number of allylic oxidation sites excluding steroid dienone is 1. The van der Waals surface area contributed by atoms with Crippen molar-refractivity contribution >= 4 is 0 Å². The molecule has 0 bridgehead atoms. The van der Waals surface area contributed by atoms with Gasteiger partial charge in [0.2, 0.25) is 0 Å². The van der Waals surface area contributed by atoms with E-state index in [4.69, 9.17) is 0 Å². The van der Waals surface area contributed by atoms with Crippen LogP contribution in [0.1, 0.15) is 32.6 Å². The van der Waals surface area contributed by atoms with Gasteiger partial charge in [0.1, 0.15) is 0 Å². The topological polar surface area (TPSA) is 3.24 Å². The van der Waals surface area contributed by atoms with Crippen LogP contribution in [0.15, 0.2) is 11.6 Å². The first-order valence-corrected chi connectivity index (χ1v) is 5.40. The molecule has 0 aromatic carbocycles. The molecule has 0 saturated heterocycles. The summed E-state index contributed by atoms with van der Waals surface area (Å²) in [4.78, 5) is 1.84. The van der Waals surface area contributed by atoms with Gasteiger partial charge < -0.3 is 0 Å². The van der Waals surface area contributed by atoms with Gasteiger partial charge in [-0.05, 0) is 25.8 Å². The smallest absolute Gasteiger partial charge is 0.251 e. The van der Waals surface area contributed by atoms with Crippen LogP contribution in [0.25, 0.3) is 0 Å². The Morgan fingerprint density at radius 3 is 2.93 bits per heavy atom. The summed E-state index contributed by atoms with van der Waals surface area (Å²) in [5, 5.41) is 0. The monoisotopic (exact) mass is 203 g/mol.